The summed E-state index contributed by atoms with van der Waals surface area (Å²) in [4.78, 5) is 2.36. The molecule has 0 saturated heterocycles. The van der Waals surface area contributed by atoms with Crippen LogP contribution in [0.5, 0.6) is 0 Å². The van der Waals surface area contributed by atoms with Gasteiger partial charge in [0.05, 0.1) is 0 Å². The first-order valence-electron chi connectivity index (χ1n) is 21.7. The molecule has 0 saturated carbocycles. The van der Waals surface area contributed by atoms with Gasteiger partial charge in [0, 0.05) is 17.1 Å². The normalized spacial score (nSPS) is 11.2. The van der Waals surface area contributed by atoms with E-state index >= 15 is 0 Å². The molecule has 0 fully saturated rings. The maximum absolute atomic E-state index is 2.41. The molecule has 0 aromatic heterocycles. The third-order valence-electron chi connectivity index (χ3n) is 12.3. The predicted molar refractivity (Wildman–Crippen MR) is 269 cm³/mol. The van der Waals surface area contributed by atoms with Crippen LogP contribution in [0.3, 0.4) is 0 Å². The van der Waals surface area contributed by atoms with Crippen LogP contribution in [0.2, 0.25) is 0 Å². The van der Waals surface area contributed by atoms with Gasteiger partial charge in [-0.25, -0.2) is 0 Å². The summed E-state index contributed by atoms with van der Waals surface area (Å²) >= 11 is 0. The summed E-state index contributed by atoms with van der Waals surface area (Å²) in [6.45, 7) is 0. The highest BCUT2D eigenvalue weighted by Crippen LogP contribution is 2.46. The van der Waals surface area contributed by atoms with Crippen LogP contribution in [-0.4, -0.2) is 0 Å². The molecule has 1 heteroatoms. The maximum atomic E-state index is 2.41. The molecule has 1 nitrogen and oxygen atoms in total. The van der Waals surface area contributed by atoms with Crippen LogP contribution in [0, 0.1) is 0 Å². The Bertz CT molecular complexity index is 3340. The minimum Gasteiger partial charge on any atom is -0.310 e. The van der Waals surface area contributed by atoms with E-state index in [0.29, 0.717) is 0 Å². The topological polar surface area (TPSA) is 3.24 Å². The molecule has 0 amide bonds. The van der Waals surface area contributed by atoms with Crippen molar-refractivity contribution in [3.05, 3.63) is 261 Å². The molecule has 11 aromatic rings. The van der Waals surface area contributed by atoms with Crippen molar-refractivity contribution >= 4 is 38.6 Å². The van der Waals surface area contributed by atoms with Crippen LogP contribution < -0.4 is 4.90 Å². The van der Waals surface area contributed by atoms with Gasteiger partial charge in [0.15, 0.2) is 0 Å². The number of hydrogen-bond donors (Lipinski definition) is 0. The number of anilines is 3. The first-order chi connectivity index (χ1) is 31.3. The van der Waals surface area contributed by atoms with Gasteiger partial charge in [-0.3, -0.25) is 0 Å². The Morgan fingerprint density at radius 3 is 1.25 bits per heavy atom. The van der Waals surface area contributed by atoms with Crippen molar-refractivity contribution in [1.82, 2.24) is 0 Å². The van der Waals surface area contributed by atoms with Gasteiger partial charge in [-0.1, -0.05) is 212 Å². The minimum absolute atomic E-state index is 1.09. The highest BCUT2D eigenvalue weighted by molar-refractivity contribution is 6.22. The molecule has 0 unspecified atom stereocenters. The Morgan fingerprint density at radius 1 is 0.190 bits per heavy atom. The summed E-state index contributed by atoms with van der Waals surface area (Å²) in [6, 6.07) is 94.5. The summed E-state index contributed by atoms with van der Waals surface area (Å²) in [7, 11) is 0. The van der Waals surface area contributed by atoms with Gasteiger partial charge in [0.25, 0.3) is 0 Å². The van der Waals surface area contributed by atoms with Crippen molar-refractivity contribution in [2.24, 2.45) is 0 Å². The fraction of sp³-hybridized carbons (Fsp3) is 0. The lowest BCUT2D eigenvalue weighted by atomic mass is 9.84. The molecule has 63 heavy (non-hydrogen) atoms. The van der Waals surface area contributed by atoms with Crippen molar-refractivity contribution in [1.29, 1.82) is 0 Å². The van der Waals surface area contributed by atoms with Gasteiger partial charge in [-0.2, -0.15) is 0 Å². The maximum Gasteiger partial charge on any atom is 0.0467 e. The molecule has 0 aliphatic carbocycles. The minimum atomic E-state index is 1.09. The average Bonchev–Trinajstić information content (AvgIpc) is 3.37. The van der Waals surface area contributed by atoms with E-state index in [-0.39, 0.29) is 0 Å². The van der Waals surface area contributed by atoms with E-state index in [0.717, 1.165) is 22.6 Å². The molecule has 11 aromatic carbocycles. The summed E-state index contributed by atoms with van der Waals surface area (Å²) in [5, 5.41) is 5.01. The van der Waals surface area contributed by atoms with Crippen molar-refractivity contribution < 1.29 is 0 Å². The van der Waals surface area contributed by atoms with Gasteiger partial charge in [0.1, 0.15) is 0 Å². The zero-order valence-electron chi connectivity index (χ0n) is 34.8. The molecule has 0 aliphatic rings. The zero-order valence-corrected chi connectivity index (χ0v) is 34.8. The lowest BCUT2D eigenvalue weighted by molar-refractivity contribution is 1.28. The van der Waals surface area contributed by atoms with Crippen LogP contribution in [0.15, 0.2) is 261 Å². The van der Waals surface area contributed by atoms with Gasteiger partial charge in [-0.05, 0) is 137 Å². The Morgan fingerprint density at radius 2 is 0.603 bits per heavy atom. The monoisotopic (exact) mass is 801 g/mol. The van der Waals surface area contributed by atoms with Gasteiger partial charge in [0.2, 0.25) is 0 Å². The number of hydrogen-bond acceptors (Lipinski definition) is 1. The van der Waals surface area contributed by atoms with E-state index < -0.39 is 0 Å². The first-order valence-corrected chi connectivity index (χ1v) is 21.7. The van der Waals surface area contributed by atoms with E-state index in [4.69, 9.17) is 0 Å². The Labute approximate surface area is 369 Å². The van der Waals surface area contributed by atoms with Gasteiger partial charge in [-0.15, -0.1) is 0 Å². The van der Waals surface area contributed by atoms with Crippen molar-refractivity contribution in [3.8, 4) is 66.8 Å². The van der Waals surface area contributed by atoms with Crippen LogP contribution >= 0.6 is 0 Å². The van der Waals surface area contributed by atoms with Crippen molar-refractivity contribution in [2.45, 2.75) is 0 Å². The molecule has 11 rings (SSSR count). The number of nitrogens with zero attached hydrogens (tertiary/aromatic N) is 1. The van der Waals surface area contributed by atoms with Crippen molar-refractivity contribution in [3.63, 3.8) is 0 Å². The smallest absolute Gasteiger partial charge is 0.0467 e. The van der Waals surface area contributed by atoms with Crippen LogP contribution in [0.4, 0.5) is 17.1 Å². The molecular formula is C62H43N. The second-order valence-corrected chi connectivity index (χ2v) is 16.0. The van der Waals surface area contributed by atoms with E-state index in [1.165, 1.54) is 82.7 Å². The van der Waals surface area contributed by atoms with E-state index in [1.54, 1.807) is 0 Å². The van der Waals surface area contributed by atoms with Crippen LogP contribution in [-0.2, 0) is 0 Å². The molecule has 0 spiro atoms. The fourth-order valence-electron chi connectivity index (χ4n) is 9.28. The first kappa shape index (κ1) is 37.7. The fourth-order valence-corrected chi connectivity index (χ4v) is 9.28. The molecule has 0 bridgehead atoms. The van der Waals surface area contributed by atoms with Crippen LogP contribution in [0.25, 0.3) is 88.3 Å². The SMILES string of the molecule is c1ccc(-c2ccc(-c3ccc(N(c4ccccc4)c4cccc(-c5ccc6c(c5)c(-c5ccccc5)c(-c5ccccc5)c5ccccc56)c4)cc3)c(-c3ccccc3)c2)cc1. The molecule has 296 valence electrons. The third kappa shape index (κ3) is 7.26. The summed E-state index contributed by atoms with van der Waals surface area (Å²) in [5.41, 5.74) is 17.8. The number of para-hydroxylation sites is 1. The number of fused-ring (bicyclic) bond motifs is 3. The molecule has 0 aliphatic heterocycles. The number of rotatable bonds is 9. The Balaban J connectivity index is 1.03. The highest BCUT2D eigenvalue weighted by atomic mass is 15.1. The molecule has 0 N–H and O–H groups in total. The quantitative estimate of drug-likeness (QED) is 0.131. The molecule has 0 heterocycles. The van der Waals surface area contributed by atoms with Crippen molar-refractivity contribution in [2.75, 3.05) is 4.90 Å². The van der Waals surface area contributed by atoms with Gasteiger partial charge < -0.3 is 4.90 Å². The van der Waals surface area contributed by atoms with E-state index in [2.05, 4.69) is 266 Å². The molecule has 0 radical (unpaired) electrons. The summed E-state index contributed by atoms with van der Waals surface area (Å²) in [5.74, 6) is 0. The lowest BCUT2D eigenvalue weighted by Crippen LogP contribution is -2.09. The summed E-state index contributed by atoms with van der Waals surface area (Å²) < 4.78 is 0. The standard InChI is InChI=1S/C62H43N/c1-6-19-44(20-7-1)50-35-39-55(59(42-50)45-21-8-2-9-22-45)46-33-37-53(38-34-46)63(52-28-14-5-15-29-52)54-30-18-27-49(41-54)51-36-40-57-56-31-16-17-32-58(56)61(47-23-10-3-11-24-47)62(60(57)43-51)48-25-12-4-13-26-48/h1-43H. The zero-order chi connectivity index (χ0) is 42.0. The van der Waals surface area contributed by atoms with E-state index in [1.807, 2.05) is 0 Å². The van der Waals surface area contributed by atoms with E-state index in [9.17, 15) is 0 Å². The Kier molecular flexibility index (Phi) is 9.97. The van der Waals surface area contributed by atoms with Crippen LogP contribution in [0.1, 0.15) is 0 Å². The molecular weight excluding hydrogens is 759 g/mol. The predicted octanol–water partition coefficient (Wildman–Crippen LogP) is 17.5. The van der Waals surface area contributed by atoms with Gasteiger partial charge >= 0.3 is 0 Å². The highest BCUT2D eigenvalue weighted by Gasteiger charge is 2.20. The summed E-state index contributed by atoms with van der Waals surface area (Å²) in [6.07, 6.45) is 0. The third-order valence-corrected chi connectivity index (χ3v) is 12.3. The largest absolute Gasteiger partial charge is 0.310 e. The number of benzene rings is 11. The second-order valence-electron chi connectivity index (χ2n) is 16.0. The average molecular weight is 802 g/mol. The lowest BCUT2D eigenvalue weighted by Gasteiger charge is -2.26. The second kappa shape index (κ2) is 16.7. The Hall–Kier alpha value is -8.26. The molecule has 0 atom stereocenters.